The van der Waals surface area contributed by atoms with Crippen LogP contribution in [-0.4, -0.2) is 35.2 Å². The Bertz CT molecular complexity index is 2460. The van der Waals surface area contributed by atoms with Crippen LogP contribution >= 0.6 is 0 Å². The van der Waals surface area contributed by atoms with E-state index in [1.807, 2.05) is 24.4 Å². The summed E-state index contributed by atoms with van der Waals surface area (Å²) in [4.78, 5) is 17.4. The molecular weight excluding hydrogens is 639 g/mol. The number of rotatable bonds is 5. The van der Waals surface area contributed by atoms with Gasteiger partial charge in [0.1, 0.15) is 18.0 Å². The topological polar surface area (TPSA) is 51.1 Å². The van der Waals surface area contributed by atoms with Gasteiger partial charge in [-0.3, -0.25) is 0 Å². The summed E-state index contributed by atoms with van der Waals surface area (Å²) in [6.45, 7) is 15.2. The molecule has 0 N–H and O–H groups in total. The van der Waals surface area contributed by atoms with Crippen LogP contribution in [0.5, 0.6) is 0 Å². The molecule has 7 nitrogen and oxygen atoms in total. The molecule has 5 aliphatic rings. The van der Waals surface area contributed by atoms with Crippen molar-refractivity contribution in [3.8, 4) is 11.4 Å². The Labute approximate surface area is 304 Å². The van der Waals surface area contributed by atoms with E-state index in [1.165, 1.54) is 28.0 Å². The highest BCUT2D eigenvalue weighted by molar-refractivity contribution is 6.15. The monoisotopic (exact) mass is 677 g/mol. The molecule has 1 aliphatic carbocycles. The summed E-state index contributed by atoms with van der Waals surface area (Å²) < 4.78 is 0. The highest BCUT2D eigenvalue weighted by Crippen LogP contribution is 2.79. The van der Waals surface area contributed by atoms with Crippen LogP contribution in [0.2, 0.25) is 0 Å². The first-order chi connectivity index (χ1) is 25.3. The van der Waals surface area contributed by atoms with Gasteiger partial charge in [0, 0.05) is 45.8 Å². The number of fused-ring (bicyclic) bond motifs is 11. The highest BCUT2D eigenvalue weighted by atomic mass is 15.6. The number of aromatic nitrogens is 2. The molecule has 4 aliphatic heterocycles. The number of para-hydroxylation sites is 3. The van der Waals surface area contributed by atoms with Crippen molar-refractivity contribution in [1.82, 2.24) is 9.97 Å². The molecule has 4 atom stereocenters. The largest absolute Gasteiger partial charge is 0.333 e. The molecular formula is C45H39N7. The minimum atomic E-state index is -0.338. The maximum atomic E-state index is 5.44. The van der Waals surface area contributed by atoms with Gasteiger partial charge in [-0.15, -0.1) is 0 Å². The third-order valence-corrected chi connectivity index (χ3v) is 12.2. The Hall–Kier alpha value is -6.21. The van der Waals surface area contributed by atoms with Crippen molar-refractivity contribution < 1.29 is 0 Å². The normalized spacial score (nSPS) is 26.2. The maximum absolute atomic E-state index is 5.44. The van der Waals surface area contributed by atoms with Gasteiger partial charge in [-0.2, -0.15) is 5.10 Å². The molecule has 0 spiro atoms. The molecule has 4 aromatic carbocycles. The van der Waals surface area contributed by atoms with E-state index < -0.39 is 0 Å². The average Bonchev–Trinajstić information content (AvgIpc) is 3.53. The predicted octanol–water partition coefficient (Wildman–Crippen LogP) is 9.39. The van der Waals surface area contributed by atoms with Crippen LogP contribution < -0.4 is 19.7 Å². The molecule has 254 valence electrons. The number of likely N-dealkylation sites (N-methyl/N-ethyl adjacent to an activating group) is 1. The number of allylic oxidation sites excluding steroid dienone is 2. The van der Waals surface area contributed by atoms with Gasteiger partial charge in [0.05, 0.1) is 17.6 Å². The predicted molar refractivity (Wildman–Crippen MR) is 213 cm³/mol. The number of benzene rings is 4. The van der Waals surface area contributed by atoms with Crippen molar-refractivity contribution in [1.29, 1.82) is 0 Å². The Morgan fingerprint density at radius 2 is 1.48 bits per heavy atom. The molecule has 4 unspecified atom stereocenters. The molecule has 1 saturated carbocycles. The smallest absolute Gasteiger partial charge is 0.162 e. The molecule has 0 saturated heterocycles. The fourth-order valence-electron chi connectivity index (χ4n) is 9.76. The molecule has 52 heavy (non-hydrogen) atoms. The van der Waals surface area contributed by atoms with Crippen molar-refractivity contribution in [2.45, 2.75) is 38.5 Å². The highest BCUT2D eigenvalue weighted by Gasteiger charge is 2.79. The zero-order chi connectivity index (χ0) is 35.5. The standard InChI is InChI=1S/C45H39N7/c1-7-18-29(8-2)40-48-52-35-26-17-15-24-33(35)44(4)38(45(44,5)43(52)50(40)30-20-10-9-11-21-30)37-32-23-14-16-25-34(32)51-36-27-46-39(31-22-13-12-19-28(31)3)47-41(36)49(6)42(37)51/h7-27,42-43H,1-2H2,3-6H3/b29-18+,38-37-. The molecule has 1 aromatic heterocycles. The van der Waals surface area contributed by atoms with Crippen LogP contribution in [-0.2, 0) is 5.41 Å². The van der Waals surface area contributed by atoms with E-state index in [4.69, 9.17) is 15.1 Å². The molecule has 0 amide bonds. The van der Waals surface area contributed by atoms with Gasteiger partial charge in [-0.05, 0) is 47.9 Å². The summed E-state index contributed by atoms with van der Waals surface area (Å²) in [5, 5.41) is 7.71. The summed E-state index contributed by atoms with van der Waals surface area (Å²) in [7, 11) is 2.19. The summed E-state index contributed by atoms with van der Waals surface area (Å²) in [6, 6.07) is 36.7. The minimum absolute atomic E-state index is 0.0833. The van der Waals surface area contributed by atoms with Crippen LogP contribution in [0.4, 0.5) is 28.6 Å². The molecule has 0 bridgehead atoms. The first-order valence-electron chi connectivity index (χ1n) is 17.9. The quantitative estimate of drug-likeness (QED) is 0.173. The minimum Gasteiger partial charge on any atom is -0.333 e. The number of aryl methyl sites for hydroxylation is 1. The Kier molecular flexibility index (Phi) is 6.27. The molecule has 10 rings (SSSR count). The third-order valence-electron chi connectivity index (χ3n) is 12.2. The van der Waals surface area contributed by atoms with Crippen molar-refractivity contribution >= 4 is 40.0 Å². The van der Waals surface area contributed by atoms with Crippen LogP contribution in [0.1, 0.15) is 30.5 Å². The molecule has 7 heteroatoms. The van der Waals surface area contributed by atoms with E-state index >= 15 is 0 Å². The number of hydrazone groups is 1. The van der Waals surface area contributed by atoms with Gasteiger partial charge in [0.2, 0.25) is 0 Å². The van der Waals surface area contributed by atoms with E-state index in [2.05, 4.69) is 164 Å². The lowest BCUT2D eigenvalue weighted by Crippen LogP contribution is -2.52. The second-order valence-corrected chi connectivity index (χ2v) is 14.6. The van der Waals surface area contributed by atoms with Gasteiger partial charge < -0.3 is 14.7 Å². The van der Waals surface area contributed by atoms with Gasteiger partial charge in [-0.25, -0.2) is 15.0 Å². The zero-order valence-electron chi connectivity index (χ0n) is 29.8. The maximum Gasteiger partial charge on any atom is 0.162 e. The molecule has 0 radical (unpaired) electrons. The van der Waals surface area contributed by atoms with Crippen LogP contribution in [0.3, 0.4) is 0 Å². The fraction of sp³-hybridized carbons (Fsp3) is 0.178. The lowest BCUT2D eigenvalue weighted by Gasteiger charge is -2.42. The van der Waals surface area contributed by atoms with Gasteiger partial charge >= 0.3 is 0 Å². The van der Waals surface area contributed by atoms with Crippen molar-refractivity contribution in [3.63, 3.8) is 0 Å². The average molecular weight is 678 g/mol. The number of amidine groups is 1. The van der Waals surface area contributed by atoms with E-state index in [1.54, 1.807) is 0 Å². The summed E-state index contributed by atoms with van der Waals surface area (Å²) >= 11 is 0. The number of hydrogen-bond acceptors (Lipinski definition) is 7. The summed E-state index contributed by atoms with van der Waals surface area (Å²) in [5.41, 5.74) is 12.2. The van der Waals surface area contributed by atoms with Crippen LogP contribution in [0, 0.1) is 12.3 Å². The number of nitrogens with zero attached hydrogens (tertiary/aromatic N) is 7. The first-order valence-corrected chi connectivity index (χ1v) is 17.9. The lowest BCUT2D eigenvalue weighted by molar-refractivity contribution is 0.366. The van der Waals surface area contributed by atoms with Crippen molar-refractivity contribution in [2.24, 2.45) is 10.5 Å². The Morgan fingerprint density at radius 1 is 0.788 bits per heavy atom. The van der Waals surface area contributed by atoms with Crippen molar-refractivity contribution in [3.05, 3.63) is 169 Å². The second kappa shape index (κ2) is 10.7. The number of anilines is 5. The van der Waals surface area contributed by atoms with Crippen LogP contribution in [0.25, 0.3) is 17.0 Å². The molecule has 5 aromatic rings. The third kappa shape index (κ3) is 3.67. The summed E-state index contributed by atoms with van der Waals surface area (Å²) in [5.74, 6) is 2.55. The fourth-order valence-corrected chi connectivity index (χ4v) is 9.76. The van der Waals surface area contributed by atoms with Gasteiger partial charge in [0.25, 0.3) is 0 Å². The van der Waals surface area contributed by atoms with E-state index in [0.29, 0.717) is 0 Å². The SMILES string of the molecule is C=C/C=C(\C=C)C1=NN2c3ccccc3C3(C)/C(=C4\c5ccccc5N5c6cnc(-c7ccccc7C)nc6N(C)C45)C3(C)C2N1c1ccccc1. The first kappa shape index (κ1) is 30.6. The van der Waals surface area contributed by atoms with E-state index in [0.717, 1.165) is 51.2 Å². The number of hydrogen-bond donors (Lipinski definition) is 0. The molecule has 5 heterocycles. The van der Waals surface area contributed by atoms with E-state index in [9.17, 15) is 0 Å². The molecule has 1 fully saturated rings. The Balaban J connectivity index is 1.21. The van der Waals surface area contributed by atoms with Crippen LogP contribution in [0.15, 0.2) is 157 Å². The van der Waals surface area contributed by atoms with Gasteiger partial charge in [0.15, 0.2) is 17.5 Å². The Morgan fingerprint density at radius 3 is 2.23 bits per heavy atom. The van der Waals surface area contributed by atoms with E-state index in [-0.39, 0.29) is 23.2 Å². The zero-order valence-corrected chi connectivity index (χ0v) is 29.8. The second-order valence-electron chi connectivity index (χ2n) is 14.6. The summed E-state index contributed by atoms with van der Waals surface area (Å²) in [6.07, 6.45) is 7.50. The van der Waals surface area contributed by atoms with Gasteiger partial charge in [-0.1, -0.05) is 124 Å². The lowest BCUT2D eigenvalue weighted by atomic mass is 9.81. The van der Waals surface area contributed by atoms with Crippen molar-refractivity contribution in [2.75, 3.05) is 26.8 Å².